The lowest BCUT2D eigenvalue weighted by Crippen LogP contribution is -2.13. The molecule has 110 valence electrons. The molecule has 0 unspecified atom stereocenters. The van der Waals surface area contributed by atoms with Crippen molar-refractivity contribution < 1.29 is 0 Å². The van der Waals surface area contributed by atoms with Gasteiger partial charge in [0.05, 0.1) is 5.02 Å². The molecule has 2 aromatic carbocycles. The molecule has 0 saturated carbocycles. The third-order valence-electron chi connectivity index (χ3n) is 2.67. The van der Waals surface area contributed by atoms with Crippen LogP contribution in [-0.4, -0.2) is 11.6 Å². The largest absolute Gasteiger partial charge is 0.384 e. The highest BCUT2D eigenvalue weighted by atomic mass is 35.5. The van der Waals surface area contributed by atoms with Gasteiger partial charge in [0.25, 0.3) is 0 Å². The van der Waals surface area contributed by atoms with E-state index in [9.17, 15) is 0 Å². The first kappa shape index (κ1) is 16.6. The fourth-order valence-electron chi connectivity index (χ4n) is 1.81. The number of nitrogens with two attached hydrogens (primary N) is 1. The van der Waals surface area contributed by atoms with Gasteiger partial charge in [-0.15, -0.1) is 11.8 Å². The van der Waals surface area contributed by atoms with Crippen molar-refractivity contribution in [1.82, 2.24) is 0 Å². The Labute approximate surface area is 142 Å². The minimum atomic E-state index is 0.0622. The molecule has 0 saturated heterocycles. The van der Waals surface area contributed by atoms with Gasteiger partial charge >= 0.3 is 0 Å². The summed E-state index contributed by atoms with van der Waals surface area (Å²) in [6.07, 6.45) is 0. The van der Waals surface area contributed by atoms with Gasteiger partial charge in [0.15, 0.2) is 0 Å². The predicted octanol–water partition coefficient (Wildman–Crippen LogP) is 5.54. The Kier molecular flexibility index (Phi) is 5.88. The Bertz CT molecular complexity index is 675. The van der Waals surface area contributed by atoms with Crippen LogP contribution in [0.3, 0.4) is 0 Å². The van der Waals surface area contributed by atoms with Crippen LogP contribution in [0.4, 0.5) is 0 Å². The molecule has 6 heteroatoms. The Balaban J connectivity index is 2.46. The first-order valence-electron chi connectivity index (χ1n) is 6.26. The molecule has 2 nitrogen and oxygen atoms in total. The number of nitrogen functional groups attached to an aromatic ring is 1. The van der Waals surface area contributed by atoms with Crippen molar-refractivity contribution in [3.63, 3.8) is 0 Å². The minimum Gasteiger partial charge on any atom is -0.384 e. The summed E-state index contributed by atoms with van der Waals surface area (Å²) in [4.78, 5) is 2.77. The van der Waals surface area contributed by atoms with Gasteiger partial charge in [0, 0.05) is 25.3 Å². The molecule has 0 aromatic heterocycles. The molecule has 0 atom stereocenters. The highest BCUT2D eigenvalue weighted by Gasteiger charge is 2.14. The number of halogens is 2. The average molecular weight is 357 g/mol. The van der Waals surface area contributed by atoms with Crippen LogP contribution < -0.4 is 5.73 Å². The van der Waals surface area contributed by atoms with Gasteiger partial charge in [-0.1, -0.05) is 48.0 Å². The molecule has 0 heterocycles. The number of amidine groups is 1. The van der Waals surface area contributed by atoms with Crippen molar-refractivity contribution in [2.24, 2.45) is 5.73 Å². The van der Waals surface area contributed by atoms with Gasteiger partial charge in [0.1, 0.15) is 5.84 Å². The van der Waals surface area contributed by atoms with Gasteiger partial charge < -0.3 is 5.73 Å². The minimum absolute atomic E-state index is 0.0622. The maximum atomic E-state index is 7.85. The lowest BCUT2D eigenvalue weighted by molar-refractivity contribution is 1.24. The van der Waals surface area contributed by atoms with Crippen molar-refractivity contribution in [1.29, 1.82) is 5.41 Å². The maximum absolute atomic E-state index is 7.85. The Morgan fingerprint density at radius 1 is 1.14 bits per heavy atom. The number of thioether (sulfide) groups is 1. The molecular weight excluding hydrogens is 343 g/mol. The number of rotatable bonds is 5. The molecule has 0 aliphatic carbocycles. The molecule has 0 radical (unpaired) electrons. The van der Waals surface area contributed by atoms with Crippen LogP contribution in [0.1, 0.15) is 12.5 Å². The zero-order valence-electron chi connectivity index (χ0n) is 11.3. The fourth-order valence-corrected chi connectivity index (χ4v) is 4.25. The van der Waals surface area contributed by atoms with Crippen molar-refractivity contribution in [2.45, 2.75) is 21.6 Å². The summed E-state index contributed by atoms with van der Waals surface area (Å²) in [6, 6.07) is 11.2. The summed E-state index contributed by atoms with van der Waals surface area (Å²) in [5.74, 6) is 0.985. The molecule has 0 aliphatic heterocycles. The fraction of sp³-hybridized carbons (Fsp3) is 0.133. The van der Waals surface area contributed by atoms with Gasteiger partial charge in [-0.25, -0.2) is 0 Å². The molecule has 0 amide bonds. The predicted molar refractivity (Wildman–Crippen MR) is 94.4 cm³/mol. The van der Waals surface area contributed by atoms with E-state index >= 15 is 0 Å². The highest BCUT2D eigenvalue weighted by Crippen LogP contribution is 2.39. The molecule has 21 heavy (non-hydrogen) atoms. The maximum Gasteiger partial charge on any atom is 0.125 e. The van der Waals surface area contributed by atoms with Crippen LogP contribution in [0.15, 0.2) is 51.1 Å². The SMILES string of the molecule is CCSc1cccc(Sc2cc(Cl)ccc2Cl)c1C(=N)N. The molecule has 0 aliphatic rings. The van der Waals surface area contributed by atoms with Gasteiger partial charge in [-0.3, -0.25) is 5.41 Å². The molecule has 0 spiro atoms. The van der Waals surface area contributed by atoms with E-state index in [4.69, 9.17) is 34.3 Å². The summed E-state index contributed by atoms with van der Waals surface area (Å²) in [7, 11) is 0. The van der Waals surface area contributed by atoms with Crippen molar-refractivity contribution in [3.05, 3.63) is 52.0 Å². The van der Waals surface area contributed by atoms with Gasteiger partial charge in [0.2, 0.25) is 0 Å². The van der Waals surface area contributed by atoms with E-state index in [1.54, 1.807) is 23.9 Å². The Hall–Kier alpha value is -0.810. The zero-order chi connectivity index (χ0) is 15.4. The third-order valence-corrected chi connectivity index (χ3v) is 5.40. The highest BCUT2D eigenvalue weighted by molar-refractivity contribution is 8.00. The van der Waals surface area contributed by atoms with E-state index in [-0.39, 0.29) is 5.84 Å². The van der Waals surface area contributed by atoms with Crippen molar-refractivity contribution in [2.75, 3.05) is 5.75 Å². The lowest BCUT2D eigenvalue weighted by Gasteiger charge is -2.13. The monoisotopic (exact) mass is 356 g/mol. The van der Waals surface area contributed by atoms with Crippen LogP contribution in [0, 0.1) is 5.41 Å². The number of hydrogen-bond acceptors (Lipinski definition) is 3. The molecule has 0 bridgehead atoms. The normalized spacial score (nSPS) is 10.6. The third kappa shape index (κ3) is 4.10. The van der Waals surface area contributed by atoms with E-state index < -0.39 is 0 Å². The second-order valence-electron chi connectivity index (χ2n) is 4.15. The standard InChI is InChI=1S/C15H14Cl2N2S2/c1-2-20-11-4-3-5-12(14(11)15(18)19)21-13-8-9(16)6-7-10(13)17/h3-8H,2H2,1H3,(H3,18,19). The van der Waals surface area contributed by atoms with Crippen molar-refractivity contribution >= 4 is 52.6 Å². The second-order valence-corrected chi connectivity index (χ2v) is 7.39. The summed E-state index contributed by atoms with van der Waals surface area (Å²) >= 11 is 15.4. The molecule has 2 aromatic rings. The summed E-state index contributed by atoms with van der Waals surface area (Å²) < 4.78 is 0. The topological polar surface area (TPSA) is 49.9 Å². The Morgan fingerprint density at radius 2 is 1.86 bits per heavy atom. The molecular formula is C15H14Cl2N2S2. The second kappa shape index (κ2) is 7.45. The number of benzene rings is 2. The van der Waals surface area contributed by atoms with Gasteiger partial charge in [-0.2, -0.15) is 0 Å². The lowest BCUT2D eigenvalue weighted by atomic mass is 10.2. The number of nitrogens with one attached hydrogen (secondary N) is 1. The molecule has 0 fully saturated rings. The molecule has 3 N–H and O–H groups in total. The van der Waals surface area contributed by atoms with E-state index in [2.05, 4.69) is 6.92 Å². The average Bonchev–Trinajstić information content (AvgIpc) is 2.43. The Morgan fingerprint density at radius 3 is 2.52 bits per heavy atom. The van der Waals surface area contributed by atoms with E-state index in [1.807, 2.05) is 24.3 Å². The smallest absolute Gasteiger partial charge is 0.125 e. The van der Waals surface area contributed by atoms with Crippen LogP contribution >= 0.6 is 46.7 Å². The first-order valence-corrected chi connectivity index (χ1v) is 8.81. The molecule has 2 rings (SSSR count). The van der Waals surface area contributed by atoms with E-state index in [0.717, 1.165) is 26.0 Å². The van der Waals surface area contributed by atoms with Crippen LogP contribution in [-0.2, 0) is 0 Å². The van der Waals surface area contributed by atoms with Crippen molar-refractivity contribution in [3.8, 4) is 0 Å². The van der Waals surface area contributed by atoms with E-state index in [0.29, 0.717) is 10.0 Å². The van der Waals surface area contributed by atoms with Crippen LogP contribution in [0.5, 0.6) is 0 Å². The summed E-state index contributed by atoms with van der Waals surface area (Å²) in [5.41, 5.74) is 6.52. The summed E-state index contributed by atoms with van der Waals surface area (Å²) in [5, 5.41) is 9.11. The zero-order valence-corrected chi connectivity index (χ0v) is 14.5. The van der Waals surface area contributed by atoms with Gasteiger partial charge in [-0.05, 0) is 36.1 Å². The quantitative estimate of drug-likeness (QED) is 0.420. The first-order chi connectivity index (χ1) is 10.0. The summed E-state index contributed by atoms with van der Waals surface area (Å²) in [6.45, 7) is 2.07. The van der Waals surface area contributed by atoms with Crippen LogP contribution in [0.2, 0.25) is 10.0 Å². The van der Waals surface area contributed by atoms with E-state index in [1.165, 1.54) is 11.8 Å². The number of hydrogen-bond donors (Lipinski definition) is 2. The van der Waals surface area contributed by atoms with Crippen LogP contribution in [0.25, 0.3) is 0 Å².